The van der Waals surface area contributed by atoms with Crippen LogP contribution in [-0.4, -0.2) is 14.2 Å². The molecule has 0 unspecified atom stereocenters. The maximum Gasteiger partial charge on any atom is 0.0351 e. The maximum atomic E-state index is 4.25. The Bertz CT molecular complexity index is 51.4. The van der Waals surface area contributed by atoms with Crippen molar-refractivity contribution in [2.24, 2.45) is 0 Å². The van der Waals surface area contributed by atoms with Crippen molar-refractivity contribution >= 4 is 0 Å². The van der Waals surface area contributed by atoms with E-state index in [1.807, 2.05) is 6.92 Å². The summed E-state index contributed by atoms with van der Waals surface area (Å²) in [5, 5.41) is 0. The first kappa shape index (κ1) is 10.6. The summed E-state index contributed by atoms with van der Waals surface area (Å²) in [6, 6.07) is 0. The van der Waals surface area contributed by atoms with Crippen LogP contribution < -0.4 is 0 Å². The van der Waals surface area contributed by atoms with Crippen LogP contribution >= 0.6 is 0 Å². The lowest BCUT2D eigenvalue weighted by molar-refractivity contribution is 0.277. The summed E-state index contributed by atoms with van der Waals surface area (Å²) < 4.78 is 4.25. The second kappa shape index (κ2) is 9.85. The zero-order valence-corrected chi connectivity index (χ0v) is 6.49. The van der Waals surface area contributed by atoms with Crippen LogP contribution in [-0.2, 0) is 4.74 Å². The van der Waals surface area contributed by atoms with Crippen LogP contribution in [0.5, 0.6) is 0 Å². The third-order valence-corrected chi connectivity index (χ3v) is 0.577. The Morgan fingerprint density at radius 2 is 1.38 bits per heavy atom. The lowest BCUT2D eigenvalue weighted by Crippen LogP contribution is -1.55. The number of ether oxygens (including phenoxy) is 1. The van der Waals surface area contributed by atoms with Gasteiger partial charge in [-0.2, -0.15) is 0 Å². The summed E-state index contributed by atoms with van der Waals surface area (Å²) >= 11 is 0. The van der Waals surface area contributed by atoms with Crippen molar-refractivity contribution in [2.75, 3.05) is 14.2 Å². The fourth-order valence-electron chi connectivity index (χ4n) is 0. The van der Waals surface area contributed by atoms with Gasteiger partial charge in [0.1, 0.15) is 0 Å². The Morgan fingerprint density at radius 3 is 1.38 bits per heavy atom. The molecule has 0 atom stereocenters. The second-order valence-corrected chi connectivity index (χ2v) is 1.77. The minimum atomic E-state index is 1.38. The van der Waals surface area contributed by atoms with Crippen molar-refractivity contribution in [3.63, 3.8) is 0 Å². The largest absolute Gasteiger partial charge is 0.388 e. The highest BCUT2D eigenvalue weighted by molar-refractivity contribution is 4.88. The van der Waals surface area contributed by atoms with Crippen molar-refractivity contribution in [2.45, 2.75) is 20.8 Å². The highest BCUT2D eigenvalue weighted by Gasteiger charge is 1.60. The molecule has 0 aromatic rings. The summed E-state index contributed by atoms with van der Waals surface area (Å²) in [5.41, 5.74) is 1.38. The van der Waals surface area contributed by atoms with Crippen LogP contribution in [0.1, 0.15) is 20.8 Å². The van der Waals surface area contributed by atoms with E-state index in [0.717, 1.165) is 0 Å². The highest BCUT2D eigenvalue weighted by atomic mass is 16.4. The quantitative estimate of drug-likeness (QED) is 0.441. The van der Waals surface area contributed by atoms with E-state index in [2.05, 4.69) is 24.7 Å². The van der Waals surface area contributed by atoms with Gasteiger partial charge in [-0.1, -0.05) is 11.6 Å². The number of hydrogen-bond donors (Lipinski definition) is 0. The van der Waals surface area contributed by atoms with Crippen LogP contribution in [0.25, 0.3) is 0 Å². The molecule has 50 valence electrons. The fraction of sp³-hybridized carbons (Fsp3) is 0.714. The van der Waals surface area contributed by atoms with Gasteiger partial charge in [0.15, 0.2) is 0 Å². The van der Waals surface area contributed by atoms with Crippen LogP contribution in [0.2, 0.25) is 0 Å². The van der Waals surface area contributed by atoms with Gasteiger partial charge in [-0.05, 0) is 20.8 Å². The average molecular weight is 116 g/mol. The minimum absolute atomic E-state index is 1.38. The molecule has 1 nitrogen and oxygen atoms in total. The predicted molar refractivity (Wildman–Crippen MR) is 38.0 cm³/mol. The van der Waals surface area contributed by atoms with Gasteiger partial charge in [0.05, 0.1) is 0 Å². The van der Waals surface area contributed by atoms with Crippen molar-refractivity contribution in [1.29, 1.82) is 0 Å². The number of allylic oxidation sites excluding steroid dienone is 2. The smallest absolute Gasteiger partial charge is 0.0351 e. The molecule has 0 fully saturated rings. The Hall–Kier alpha value is -0.300. The molecule has 0 amide bonds. The zero-order chi connectivity index (χ0) is 6.99. The number of methoxy groups -OCH3 is 1. The maximum absolute atomic E-state index is 4.25. The van der Waals surface area contributed by atoms with Gasteiger partial charge in [0, 0.05) is 14.2 Å². The summed E-state index contributed by atoms with van der Waals surface area (Å²) in [4.78, 5) is 0. The van der Waals surface area contributed by atoms with Gasteiger partial charge in [-0.25, -0.2) is 0 Å². The van der Waals surface area contributed by atoms with Gasteiger partial charge >= 0.3 is 0 Å². The van der Waals surface area contributed by atoms with Gasteiger partial charge in [0.25, 0.3) is 0 Å². The molecule has 0 heterocycles. The highest BCUT2D eigenvalue weighted by Crippen LogP contribution is 1.82. The van der Waals surface area contributed by atoms with Gasteiger partial charge < -0.3 is 4.74 Å². The van der Waals surface area contributed by atoms with E-state index in [1.165, 1.54) is 5.57 Å². The van der Waals surface area contributed by atoms with E-state index in [-0.39, 0.29) is 0 Å². The predicted octanol–water partition coefficient (Wildman–Crippen LogP) is 2.24. The first-order valence-electron chi connectivity index (χ1n) is 2.68. The molecule has 0 saturated heterocycles. The SMILES string of the molecule is CC=C(C)C.COC. The van der Waals surface area contributed by atoms with Crippen LogP contribution in [0.15, 0.2) is 11.6 Å². The van der Waals surface area contributed by atoms with Crippen molar-refractivity contribution < 1.29 is 4.74 Å². The van der Waals surface area contributed by atoms with E-state index in [9.17, 15) is 0 Å². The molecule has 1 heteroatoms. The normalized spacial score (nSPS) is 6.62. The van der Waals surface area contributed by atoms with Gasteiger partial charge in [-0.15, -0.1) is 0 Å². The third kappa shape index (κ3) is 43.6. The Kier molecular flexibility index (Phi) is 13.1. The topological polar surface area (TPSA) is 9.23 Å². The summed E-state index contributed by atoms with van der Waals surface area (Å²) in [7, 11) is 3.25. The fourth-order valence-corrected chi connectivity index (χ4v) is 0. The van der Waals surface area contributed by atoms with E-state index in [4.69, 9.17) is 0 Å². The third-order valence-electron chi connectivity index (χ3n) is 0.577. The lowest BCUT2D eigenvalue weighted by atomic mass is 10.3. The Labute approximate surface area is 52.4 Å². The molecule has 0 radical (unpaired) electrons. The van der Waals surface area contributed by atoms with Crippen LogP contribution in [0.4, 0.5) is 0 Å². The molecule has 8 heavy (non-hydrogen) atoms. The first-order chi connectivity index (χ1) is 3.68. The molecular weight excluding hydrogens is 100 g/mol. The lowest BCUT2D eigenvalue weighted by Gasteiger charge is -1.74. The summed E-state index contributed by atoms with van der Waals surface area (Å²) in [6.07, 6.45) is 2.08. The van der Waals surface area contributed by atoms with Crippen molar-refractivity contribution in [3.05, 3.63) is 11.6 Å². The molecule has 0 saturated carbocycles. The molecule has 0 aliphatic heterocycles. The molecule has 0 N–H and O–H groups in total. The monoisotopic (exact) mass is 116 g/mol. The molecule has 0 aromatic carbocycles. The molecule has 0 aliphatic rings. The van der Waals surface area contributed by atoms with Crippen molar-refractivity contribution in [1.82, 2.24) is 0 Å². The zero-order valence-electron chi connectivity index (χ0n) is 6.49. The Morgan fingerprint density at radius 1 is 1.25 bits per heavy atom. The average Bonchev–Trinajstić information content (AvgIpc) is 1.69. The second-order valence-electron chi connectivity index (χ2n) is 1.77. The van der Waals surface area contributed by atoms with Gasteiger partial charge in [0.2, 0.25) is 0 Å². The number of rotatable bonds is 0. The standard InChI is InChI=1S/C5H10.C2H6O/c1-4-5(2)3;1-3-2/h4H,1-3H3;1-2H3. The molecule has 0 aromatic heterocycles. The van der Waals surface area contributed by atoms with E-state index >= 15 is 0 Å². The Balaban J connectivity index is 0. The molecule has 0 spiro atoms. The van der Waals surface area contributed by atoms with E-state index in [1.54, 1.807) is 14.2 Å². The van der Waals surface area contributed by atoms with E-state index in [0.29, 0.717) is 0 Å². The molecule has 0 rings (SSSR count). The number of hydrogen-bond acceptors (Lipinski definition) is 1. The van der Waals surface area contributed by atoms with E-state index < -0.39 is 0 Å². The molecule has 0 aliphatic carbocycles. The van der Waals surface area contributed by atoms with Crippen LogP contribution in [0.3, 0.4) is 0 Å². The molecule has 0 bridgehead atoms. The minimum Gasteiger partial charge on any atom is -0.388 e. The summed E-state index contributed by atoms with van der Waals surface area (Å²) in [5.74, 6) is 0. The molecular formula is C7H16O. The van der Waals surface area contributed by atoms with Crippen molar-refractivity contribution in [3.8, 4) is 0 Å². The summed E-state index contributed by atoms with van der Waals surface area (Å²) in [6.45, 7) is 6.20. The first-order valence-corrected chi connectivity index (χ1v) is 2.68. The van der Waals surface area contributed by atoms with Gasteiger partial charge in [-0.3, -0.25) is 0 Å². The van der Waals surface area contributed by atoms with Crippen LogP contribution in [0, 0.1) is 0 Å².